The van der Waals surface area contributed by atoms with E-state index < -0.39 is 12.1 Å². The fourth-order valence-electron chi connectivity index (χ4n) is 0.0781. The number of hydrogen-bond donors (Lipinski definition) is 3. The molecule has 4 heteroatoms. The van der Waals surface area contributed by atoms with Gasteiger partial charge in [0.25, 0.3) is 0 Å². The van der Waals surface area contributed by atoms with Crippen LogP contribution in [0.1, 0.15) is 0 Å². The average Bonchev–Trinajstić information content (AvgIpc) is 1.65. The Morgan fingerprint density at radius 1 is 1.86 bits per heavy atom. The van der Waals surface area contributed by atoms with Gasteiger partial charge in [-0.2, -0.15) is 12.6 Å². The Balaban J connectivity index is 3.34. The van der Waals surface area contributed by atoms with E-state index in [1.54, 1.807) is 0 Å². The van der Waals surface area contributed by atoms with Crippen molar-refractivity contribution < 1.29 is 15.0 Å². The molecule has 3 nitrogen and oxygen atoms in total. The van der Waals surface area contributed by atoms with E-state index in [2.05, 4.69) is 12.6 Å². The smallest absolute Gasteiger partial charge is 0.333 e. The molecular weight excluding hydrogens is 116 g/mol. The molecule has 0 aliphatic rings. The highest BCUT2D eigenvalue weighted by Crippen LogP contribution is 1.83. The molecule has 0 saturated heterocycles. The largest absolute Gasteiger partial charge is 0.479 e. The van der Waals surface area contributed by atoms with Gasteiger partial charge in [0.2, 0.25) is 0 Å². The molecule has 1 unspecified atom stereocenters. The zero-order valence-corrected chi connectivity index (χ0v) is 4.43. The molecule has 0 aliphatic carbocycles. The van der Waals surface area contributed by atoms with Crippen LogP contribution in [-0.4, -0.2) is 28.0 Å². The summed E-state index contributed by atoms with van der Waals surface area (Å²) in [6.07, 6.45) is -1.32. The molecule has 0 amide bonds. The van der Waals surface area contributed by atoms with E-state index in [1.807, 2.05) is 0 Å². The van der Waals surface area contributed by atoms with E-state index in [-0.39, 0.29) is 5.75 Å². The number of carboxylic acids is 1. The number of thiol groups is 1. The van der Waals surface area contributed by atoms with E-state index in [0.717, 1.165) is 0 Å². The molecule has 0 radical (unpaired) electrons. The van der Waals surface area contributed by atoms with Crippen molar-refractivity contribution in [1.29, 1.82) is 0 Å². The monoisotopic (exact) mass is 122 g/mol. The highest BCUT2D eigenvalue weighted by atomic mass is 32.1. The van der Waals surface area contributed by atoms with Crippen molar-refractivity contribution in [2.75, 3.05) is 5.75 Å². The summed E-state index contributed by atoms with van der Waals surface area (Å²) in [5.41, 5.74) is 0. The zero-order chi connectivity index (χ0) is 5.86. The molecule has 1 atom stereocenters. The lowest BCUT2D eigenvalue weighted by molar-refractivity contribution is -0.145. The summed E-state index contributed by atoms with van der Waals surface area (Å²) in [5.74, 6) is -1.26. The number of carboxylic acid groups (broad SMARTS) is 1. The predicted octanol–water partition coefficient (Wildman–Crippen LogP) is -0.638. The maximum absolute atomic E-state index is 9.63. The van der Waals surface area contributed by atoms with Crippen molar-refractivity contribution in [3.05, 3.63) is 0 Å². The topological polar surface area (TPSA) is 57.5 Å². The predicted molar refractivity (Wildman–Crippen MR) is 27.5 cm³/mol. The second-order valence-corrected chi connectivity index (χ2v) is 1.40. The summed E-state index contributed by atoms with van der Waals surface area (Å²) in [6, 6.07) is 0. The highest BCUT2D eigenvalue weighted by molar-refractivity contribution is 7.80. The molecule has 42 valence electrons. The molecule has 0 aromatic rings. The van der Waals surface area contributed by atoms with Gasteiger partial charge in [-0.05, 0) is 0 Å². The molecule has 0 heterocycles. The molecule has 0 aromatic heterocycles. The van der Waals surface area contributed by atoms with E-state index >= 15 is 0 Å². The third kappa shape index (κ3) is 2.47. The summed E-state index contributed by atoms with van der Waals surface area (Å²) < 4.78 is 0. The maximum atomic E-state index is 9.63. The van der Waals surface area contributed by atoms with Gasteiger partial charge < -0.3 is 10.2 Å². The van der Waals surface area contributed by atoms with E-state index in [0.29, 0.717) is 0 Å². The van der Waals surface area contributed by atoms with Gasteiger partial charge in [0.1, 0.15) is 0 Å². The minimum Gasteiger partial charge on any atom is -0.479 e. The average molecular weight is 122 g/mol. The van der Waals surface area contributed by atoms with Crippen LogP contribution in [0.5, 0.6) is 0 Å². The lowest BCUT2D eigenvalue weighted by Crippen LogP contribution is -2.20. The summed E-state index contributed by atoms with van der Waals surface area (Å²) in [5, 5.41) is 16.1. The molecule has 0 saturated carbocycles. The van der Waals surface area contributed by atoms with Crippen LogP contribution in [0, 0.1) is 0 Å². The Hall–Kier alpha value is -0.220. The lowest BCUT2D eigenvalue weighted by atomic mass is 10.4. The quantitative estimate of drug-likeness (QED) is 0.427. The van der Waals surface area contributed by atoms with Crippen LogP contribution < -0.4 is 0 Å². The first-order valence-electron chi connectivity index (χ1n) is 1.70. The van der Waals surface area contributed by atoms with Gasteiger partial charge in [0.05, 0.1) is 0 Å². The van der Waals surface area contributed by atoms with Gasteiger partial charge in [-0.3, -0.25) is 0 Å². The summed E-state index contributed by atoms with van der Waals surface area (Å²) in [4.78, 5) is 9.63. The van der Waals surface area contributed by atoms with Crippen molar-refractivity contribution in [1.82, 2.24) is 0 Å². The number of aliphatic carboxylic acids is 1. The standard InChI is InChI=1S/C3H6O3S/c4-2(1-7)3(5)6/h2,4,7H,1H2,(H,5,6). The van der Waals surface area contributed by atoms with E-state index in [1.165, 1.54) is 0 Å². The number of aliphatic hydroxyl groups excluding tert-OH is 1. The van der Waals surface area contributed by atoms with Gasteiger partial charge in [0, 0.05) is 5.75 Å². The minimum atomic E-state index is -1.32. The Morgan fingerprint density at radius 2 is 2.29 bits per heavy atom. The molecule has 7 heavy (non-hydrogen) atoms. The summed E-state index contributed by atoms with van der Waals surface area (Å²) in [6.45, 7) is 0. The van der Waals surface area contributed by atoms with Crippen LogP contribution in [0.25, 0.3) is 0 Å². The third-order valence-corrected chi connectivity index (χ3v) is 0.804. The fraction of sp³-hybridized carbons (Fsp3) is 0.667. The first-order valence-corrected chi connectivity index (χ1v) is 2.33. The van der Waals surface area contributed by atoms with Crippen molar-refractivity contribution in [2.24, 2.45) is 0 Å². The van der Waals surface area contributed by atoms with Crippen LogP contribution in [0.3, 0.4) is 0 Å². The second kappa shape index (κ2) is 2.87. The Kier molecular flexibility index (Phi) is 2.78. The summed E-state index contributed by atoms with van der Waals surface area (Å²) in [7, 11) is 0. The van der Waals surface area contributed by atoms with Crippen molar-refractivity contribution in [3.8, 4) is 0 Å². The minimum absolute atomic E-state index is 0.0324. The number of rotatable bonds is 2. The molecule has 0 bridgehead atoms. The molecule has 0 spiro atoms. The molecule has 0 aromatic carbocycles. The van der Waals surface area contributed by atoms with Gasteiger partial charge in [-0.1, -0.05) is 0 Å². The van der Waals surface area contributed by atoms with Crippen molar-refractivity contribution in [3.63, 3.8) is 0 Å². The van der Waals surface area contributed by atoms with Crippen LogP contribution in [-0.2, 0) is 4.79 Å². The van der Waals surface area contributed by atoms with Gasteiger partial charge >= 0.3 is 5.97 Å². The maximum Gasteiger partial charge on any atom is 0.333 e. The highest BCUT2D eigenvalue weighted by Gasteiger charge is 2.08. The molecule has 0 rings (SSSR count). The van der Waals surface area contributed by atoms with E-state index in [9.17, 15) is 4.79 Å². The van der Waals surface area contributed by atoms with Crippen LogP contribution in [0.2, 0.25) is 0 Å². The number of carbonyl (C=O) groups is 1. The van der Waals surface area contributed by atoms with Gasteiger partial charge in [-0.25, -0.2) is 4.79 Å². The van der Waals surface area contributed by atoms with Crippen LogP contribution in [0.15, 0.2) is 0 Å². The second-order valence-electron chi connectivity index (χ2n) is 1.04. The third-order valence-electron chi connectivity index (χ3n) is 0.458. The zero-order valence-electron chi connectivity index (χ0n) is 3.53. The molecule has 0 aliphatic heterocycles. The Morgan fingerprint density at radius 3 is 2.29 bits per heavy atom. The number of aliphatic hydroxyl groups is 1. The fourth-order valence-corrected chi connectivity index (χ4v) is 0.234. The Labute approximate surface area is 46.4 Å². The molecular formula is C3H6O3S. The SMILES string of the molecule is O=C(O)C(O)CS. The molecule has 2 N–H and O–H groups in total. The van der Waals surface area contributed by atoms with E-state index in [4.69, 9.17) is 10.2 Å². The lowest BCUT2D eigenvalue weighted by Gasteiger charge is -1.95. The summed E-state index contributed by atoms with van der Waals surface area (Å²) >= 11 is 3.52. The van der Waals surface area contributed by atoms with Gasteiger partial charge in [0.15, 0.2) is 6.10 Å². The van der Waals surface area contributed by atoms with Gasteiger partial charge in [-0.15, -0.1) is 0 Å². The van der Waals surface area contributed by atoms with Crippen molar-refractivity contribution >= 4 is 18.6 Å². The first kappa shape index (κ1) is 6.78. The van der Waals surface area contributed by atoms with Crippen LogP contribution >= 0.6 is 12.6 Å². The first-order chi connectivity index (χ1) is 3.18. The van der Waals surface area contributed by atoms with Crippen LogP contribution in [0.4, 0.5) is 0 Å². The number of hydrogen-bond acceptors (Lipinski definition) is 3. The van der Waals surface area contributed by atoms with Crippen molar-refractivity contribution in [2.45, 2.75) is 6.10 Å². The molecule has 0 fully saturated rings. The normalized spacial score (nSPS) is 13.4. The Bertz CT molecular complexity index is 72.6.